The van der Waals surface area contributed by atoms with Crippen LogP contribution in [0.4, 0.5) is 5.82 Å². The average molecular weight is 312 g/mol. The molecule has 0 bridgehead atoms. The average Bonchev–Trinajstić information content (AvgIpc) is 2.87. The number of nitrogens with zero attached hydrogens (tertiary/aromatic N) is 3. The Morgan fingerprint density at radius 3 is 3.17 bits per heavy atom. The van der Waals surface area contributed by atoms with Crippen molar-refractivity contribution in [3.05, 3.63) is 17.6 Å². The summed E-state index contributed by atoms with van der Waals surface area (Å²) in [6.07, 6.45) is 5.40. The highest BCUT2D eigenvalue weighted by molar-refractivity contribution is 9.09. The van der Waals surface area contributed by atoms with Crippen molar-refractivity contribution in [2.45, 2.75) is 38.3 Å². The molecule has 1 aromatic heterocycles. The Hall–Kier alpha value is -0.680. The van der Waals surface area contributed by atoms with Gasteiger partial charge in [0.25, 0.3) is 0 Å². The Bertz CT molecular complexity index is 440. The summed E-state index contributed by atoms with van der Waals surface area (Å²) in [7, 11) is 0. The van der Waals surface area contributed by atoms with Crippen LogP contribution in [0.15, 0.2) is 6.33 Å². The van der Waals surface area contributed by atoms with E-state index in [1.807, 2.05) is 0 Å². The molecule has 1 aliphatic carbocycles. The fourth-order valence-corrected chi connectivity index (χ4v) is 3.19. The Labute approximate surface area is 116 Å². The maximum absolute atomic E-state index is 5.78. The van der Waals surface area contributed by atoms with E-state index in [4.69, 9.17) is 4.74 Å². The topological polar surface area (TPSA) is 38.2 Å². The van der Waals surface area contributed by atoms with Crippen LogP contribution < -0.4 is 4.90 Å². The molecule has 2 unspecified atom stereocenters. The largest absolute Gasteiger partial charge is 0.373 e. The molecule has 2 aliphatic rings. The molecule has 0 radical (unpaired) electrons. The standard InChI is InChI=1S/C13H18BrN3O/c1-9-7-18-10(5-14)6-17(9)13-11-3-2-4-12(11)15-8-16-13/h8-10H,2-7H2,1H3. The molecule has 1 aliphatic heterocycles. The first-order valence-electron chi connectivity index (χ1n) is 6.56. The van der Waals surface area contributed by atoms with Gasteiger partial charge in [-0.25, -0.2) is 9.97 Å². The number of rotatable bonds is 2. The molecule has 1 fully saturated rings. The van der Waals surface area contributed by atoms with Gasteiger partial charge in [0, 0.05) is 23.1 Å². The zero-order chi connectivity index (χ0) is 12.5. The monoisotopic (exact) mass is 311 g/mol. The molecule has 2 atom stereocenters. The zero-order valence-electron chi connectivity index (χ0n) is 10.6. The molecular formula is C13H18BrN3O. The van der Waals surface area contributed by atoms with Crippen molar-refractivity contribution < 1.29 is 4.74 Å². The highest BCUT2D eigenvalue weighted by Crippen LogP contribution is 2.30. The van der Waals surface area contributed by atoms with E-state index in [0.717, 1.165) is 37.1 Å². The summed E-state index contributed by atoms with van der Waals surface area (Å²) >= 11 is 3.51. The maximum Gasteiger partial charge on any atom is 0.135 e. The second kappa shape index (κ2) is 5.13. The van der Waals surface area contributed by atoms with Crippen LogP contribution in [0.3, 0.4) is 0 Å². The first kappa shape index (κ1) is 12.4. The van der Waals surface area contributed by atoms with Crippen molar-refractivity contribution in [1.82, 2.24) is 9.97 Å². The summed E-state index contributed by atoms with van der Waals surface area (Å²) in [5.74, 6) is 1.14. The maximum atomic E-state index is 5.78. The lowest BCUT2D eigenvalue weighted by Gasteiger charge is -2.39. The van der Waals surface area contributed by atoms with Crippen molar-refractivity contribution in [2.24, 2.45) is 0 Å². The number of alkyl halides is 1. The van der Waals surface area contributed by atoms with Crippen LogP contribution in [0, 0.1) is 0 Å². The third-order valence-electron chi connectivity index (χ3n) is 3.80. The van der Waals surface area contributed by atoms with Crippen molar-refractivity contribution in [2.75, 3.05) is 23.4 Å². The Kier molecular flexibility index (Phi) is 3.52. The van der Waals surface area contributed by atoms with E-state index in [0.29, 0.717) is 6.04 Å². The summed E-state index contributed by atoms with van der Waals surface area (Å²) in [6.45, 7) is 3.89. The first-order chi connectivity index (χ1) is 8.79. The van der Waals surface area contributed by atoms with Crippen molar-refractivity contribution >= 4 is 21.7 Å². The summed E-state index contributed by atoms with van der Waals surface area (Å²) in [4.78, 5) is 11.3. The fourth-order valence-electron chi connectivity index (χ4n) is 2.80. The SMILES string of the molecule is CC1COC(CBr)CN1c1ncnc2c1CCC2. The normalized spacial score (nSPS) is 27.3. The summed E-state index contributed by atoms with van der Waals surface area (Å²) in [6, 6.07) is 0.389. The van der Waals surface area contributed by atoms with Gasteiger partial charge in [0.15, 0.2) is 0 Å². The predicted octanol–water partition coefficient (Wildman–Crippen LogP) is 1.95. The third kappa shape index (κ3) is 2.14. The quantitative estimate of drug-likeness (QED) is 0.783. The van der Waals surface area contributed by atoms with Crippen molar-refractivity contribution in [3.8, 4) is 0 Å². The van der Waals surface area contributed by atoms with Crippen molar-refractivity contribution in [1.29, 1.82) is 0 Å². The molecule has 3 rings (SSSR count). The highest BCUT2D eigenvalue weighted by atomic mass is 79.9. The number of anilines is 1. The highest BCUT2D eigenvalue weighted by Gasteiger charge is 2.29. The van der Waals surface area contributed by atoms with Crippen LogP contribution in [-0.4, -0.2) is 40.6 Å². The van der Waals surface area contributed by atoms with Gasteiger partial charge in [-0.05, 0) is 26.2 Å². The number of aromatic nitrogens is 2. The fraction of sp³-hybridized carbons (Fsp3) is 0.692. The van der Waals surface area contributed by atoms with Crippen LogP contribution >= 0.6 is 15.9 Å². The van der Waals surface area contributed by atoms with E-state index in [2.05, 4.69) is 37.7 Å². The van der Waals surface area contributed by atoms with Gasteiger partial charge in [0.05, 0.1) is 18.8 Å². The number of morpholine rings is 1. The molecule has 18 heavy (non-hydrogen) atoms. The van der Waals surface area contributed by atoms with E-state index >= 15 is 0 Å². The number of hydrogen-bond acceptors (Lipinski definition) is 4. The minimum absolute atomic E-state index is 0.258. The minimum atomic E-state index is 0.258. The lowest BCUT2D eigenvalue weighted by Crippen LogP contribution is -2.49. The minimum Gasteiger partial charge on any atom is -0.373 e. The molecule has 0 aromatic carbocycles. The molecule has 0 N–H and O–H groups in total. The lowest BCUT2D eigenvalue weighted by molar-refractivity contribution is 0.0376. The van der Waals surface area contributed by atoms with Gasteiger partial charge in [-0.15, -0.1) is 0 Å². The van der Waals surface area contributed by atoms with E-state index in [9.17, 15) is 0 Å². The Balaban J connectivity index is 1.91. The number of ether oxygens (including phenoxy) is 1. The van der Waals surface area contributed by atoms with E-state index in [1.165, 1.54) is 17.7 Å². The number of hydrogen-bond donors (Lipinski definition) is 0. The molecule has 1 saturated heterocycles. The molecule has 2 heterocycles. The molecule has 4 nitrogen and oxygen atoms in total. The molecule has 0 saturated carbocycles. The second-order valence-corrected chi connectivity index (χ2v) is 5.73. The summed E-state index contributed by atoms with van der Waals surface area (Å²) in [5, 5.41) is 0.878. The molecule has 98 valence electrons. The van der Waals surface area contributed by atoms with Gasteiger partial charge >= 0.3 is 0 Å². The molecule has 5 heteroatoms. The number of fused-ring (bicyclic) bond motifs is 1. The smallest absolute Gasteiger partial charge is 0.135 e. The van der Waals surface area contributed by atoms with Gasteiger partial charge in [-0.3, -0.25) is 0 Å². The van der Waals surface area contributed by atoms with Crippen LogP contribution in [-0.2, 0) is 17.6 Å². The predicted molar refractivity (Wildman–Crippen MR) is 74.4 cm³/mol. The number of halogens is 1. The van der Waals surface area contributed by atoms with Crippen LogP contribution in [0.2, 0.25) is 0 Å². The van der Waals surface area contributed by atoms with E-state index in [-0.39, 0.29) is 6.10 Å². The summed E-state index contributed by atoms with van der Waals surface area (Å²) < 4.78 is 5.78. The lowest BCUT2D eigenvalue weighted by atomic mass is 10.1. The number of aryl methyl sites for hydroxylation is 1. The van der Waals surface area contributed by atoms with Gasteiger partial charge in [-0.2, -0.15) is 0 Å². The van der Waals surface area contributed by atoms with Gasteiger partial charge in [0.1, 0.15) is 12.1 Å². The second-order valence-electron chi connectivity index (χ2n) is 5.09. The van der Waals surface area contributed by atoms with Crippen molar-refractivity contribution in [3.63, 3.8) is 0 Å². The molecule has 1 aromatic rings. The van der Waals surface area contributed by atoms with Gasteiger partial charge < -0.3 is 9.64 Å². The molecule has 0 amide bonds. The van der Waals surface area contributed by atoms with E-state index < -0.39 is 0 Å². The van der Waals surface area contributed by atoms with Gasteiger partial charge in [-0.1, -0.05) is 15.9 Å². The van der Waals surface area contributed by atoms with Crippen LogP contribution in [0.25, 0.3) is 0 Å². The van der Waals surface area contributed by atoms with Crippen LogP contribution in [0.1, 0.15) is 24.6 Å². The molecular weight excluding hydrogens is 294 g/mol. The Morgan fingerprint density at radius 2 is 2.33 bits per heavy atom. The van der Waals surface area contributed by atoms with Gasteiger partial charge in [0.2, 0.25) is 0 Å². The first-order valence-corrected chi connectivity index (χ1v) is 7.68. The summed E-state index contributed by atoms with van der Waals surface area (Å²) in [5.41, 5.74) is 2.61. The van der Waals surface area contributed by atoms with Crippen LogP contribution in [0.5, 0.6) is 0 Å². The third-order valence-corrected chi connectivity index (χ3v) is 4.52. The zero-order valence-corrected chi connectivity index (χ0v) is 12.2. The molecule has 0 spiro atoms. The Morgan fingerprint density at radius 1 is 1.44 bits per heavy atom. The van der Waals surface area contributed by atoms with E-state index in [1.54, 1.807) is 6.33 Å².